The van der Waals surface area contributed by atoms with Gasteiger partial charge in [-0.05, 0) is 51.4 Å². The van der Waals surface area contributed by atoms with E-state index in [4.69, 9.17) is 18.9 Å². The number of hydrogen-bond acceptors (Lipinski definition) is 13. The first kappa shape index (κ1) is 53.3. The number of nitrogens with one attached hydrogen (secondary N) is 1. The first-order valence-electron chi connectivity index (χ1n) is 22.7. The zero-order valence-corrected chi connectivity index (χ0v) is 36.0. The van der Waals surface area contributed by atoms with E-state index in [1.807, 2.05) is 6.08 Å². The molecular weight excluding hydrogens is 762 g/mol. The minimum Gasteiger partial charge on any atom is -0.394 e. The maximum atomic E-state index is 13.0. The van der Waals surface area contributed by atoms with Crippen LogP contribution in [0.25, 0.3) is 0 Å². The van der Waals surface area contributed by atoms with Crippen LogP contribution < -0.4 is 5.32 Å². The summed E-state index contributed by atoms with van der Waals surface area (Å²) < 4.78 is 22.5. The Morgan fingerprint density at radius 3 is 1.73 bits per heavy atom. The minimum atomic E-state index is -1.79. The van der Waals surface area contributed by atoms with E-state index < -0.39 is 86.8 Å². The number of aliphatic hydroxyl groups is 8. The van der Waals surface area contributed by atoms with E-state index in [0.717, 1.165) is 64.2 Å². The zero-order valence-electron chi connectivity index (χ0n) is 36.0. The summed E-state index contributed by atoms with van der Waals surface area (Å²) in [5.74, 6) is -0.252. The van der Waals surface area contributed by atoms with Crippen molar-refractivity contribution in [2.45, 2.75) is 222 Å². The fourth-order valence-electron chi connectivity index (χ4n) is 7.26. The number of allylic oxidation sites excluding steroid dienone is 5. The predicted molar refractivity (Wildman–Crippen MR) is 226 cm³/mol. The van der Waals surface area contributed by atoms with Crippen LogP contribution in [0.3, 0.4) is 0 Å². The molecule has 1 amide bonds. The SMILES string of the molecule is CCCCC/C=C\C/C=C\CCCCCCCCCCCC(=O)NC(COC1OC(CO)C(OC2OC(CO)C(O)C(O)C2O)C(O)C1O)C(O)/C=C/CCCCCC. The van der Waals surface area contributed by atoms with Crippen LogP contribution >= 0.6 is 0 Å². The van der Waals surface area contributed by atoms with Crippen LogP contribution in [-0.2, 0) is 23.7 Å². The number of aliphatic hydroxyl groups excluding tert-OH is 8. The van der Waals surface area contributed by atoms with Gasteiger partial charge in [0.25, 0.3) is 0 Å². The van der Waals surface area contributed by atoms with Crippen LogP contribution in [0.2, 0.25) is 0 Å². The van der Waals surface area contributed by atoms with Gasteiger partial charge < -0.3 is 65.1 Å². The molecule has 0 spiro atoms. The quantitative estimate of drug-likeness (QED) is 0.0331. The Morgan fingerprint density at radius 2 is 1.12 bits per heavy atom. The summed E-state index contributed by atoms with van der Waals surface area (Å²) in [6, 6.07) is -0.911. The maximum Gasteiger partial charge on any atom is 0.220 e. The van der Waals surface area contributed by atoms with E-state index in [9.17, 15) is 45.6 Å². The fourth-order valence-corrected chi connectivity index (χ4v) is 7.26. The number of rotatable bonds is 33. The molecule has 59 heavy (non-hydrogen) atoms. The summed E-state index contributed by atoms with van der Waals surface area (Å²) >= 11 is 0. The third-order valence-electron chi connectivity index (χ3n) is 11.1. The molecule has 12 unspecified atom stereocenters. The highest BCUT2D eigenvalue weighted by Gasteiger charge is 2.50. The second kappa shape index (κ2) is 32.9. The molecule has 0 bridgehead atoms. The highest BCUT2D eigenvalue weighted by molar-refractivity contribution is 5.76. The summed E-state index contributed by atoms with van der Waals surface area (Å²) in [6.45, 7) is 2.64. The van der Waals surface area contributed by atoms with Crippen molar-refractivity contribution >= 4 is 5.91 Å². The number of unbranched alkanes of at least 4 members (excludes halogenated alkanes) is 16. The smallest absolute Gasteiger partial charge is 0.220 e. The number of carbonyl (C=O) groups excluding carboxylic acids is 1. The number of ether oxygens (including phenoxy) is 4. The molecule has 0 aromatic rings. The molecule has 0 saturated carbocycles. The summed E-state index contributed by atoms with van der Waals surface area (Å²) in [5.41, 5.74) is 0. The summed E-state index contributed by atoms with van der Waals surface area (Å²) in [4.78, 5) is 13.0. The highest BCUT2D eigenvalue weighted by Crippen LogP contribution is 2.30. The van der Waals surface area contributed by atoms with Crippen molar-refractivity contribution in [2.24, 2.45) is 0 Å². The van der Waals surface area contributed by atoms with Crippen LogP contribution in [0, 0.1) is 0 Å². The average molecular weight is 844 g/mol. The third-order valence-corrected chi connectivity index (χ3v) is 11.1. The van der Waals surface area contributed by atoms with Gasteiger partial charge in [-0.25, -0.2) is 0 Å². The van der Waals surface area contributed by atoms with E-state index in [1.54, 1.807) is 6.08 Å². The maximum absolute atomic E-state index is 13.0. The molecule has 0 aromatic heterocycles. The number of carbonyl (C=O) groups is 1. The Morgan fingerprint density at radius 1 is 0.610 bits per heavy atom. The van der Waals surface area contributed by atoms with Crippen LogP contribution in [0.1, 0.15) is 149 Å². The van der Waals surface area contributed by atoms with Gasteiger partial charge >= 0.3 is 0 Å². The summed E-state index contributed by atoms with van der Waals surface area (Å²) in [5, 5.41) is 86.1. The van der Waals surface area contributed by atoms with Gasteiger partial charge in [-0.15, -0.1) is 0 Å². The minimum absolute atomic E-state index is 0.252. The van der Waals surface area contributed by atoms with Gasteiger partial charge in [0.1, 0.15) is 48.8 Å². The molecule has 2 aliphatic rings. The normalized spacial score (nSPS) is 28.8. The van der Waals surface area contributed by atoms with Gasteiger partial charge in [0.15, 0.2) is 12.6 Å². The van der Waals surface area contributed by atoms with E-state index in [1.165, 1.54) is 57.8 Å². The molecule has 0 aliphatic carbocycles. The summed E-state index contributed by atoms with van der Waals surface area (Å²) in [6.07, 6.45) is 18.0. The van der Waals surface area contributed by atoms with Crippen LogP contribution in [0.15, 0.2) is 36.5 Å². The fraction of sp³-hybridized carbons (Fsp3) is 0.844. The van der Waals surface area contributed by atoms with Gasteiger partial charge in [0.2, 0.25) is 5.91 Å². The molecule has 2 rings (SSSR count). The van der Waals surface area contributed by atoms with Crippen molar-refractivity contribution < 1.29 is 64.6 Å². The van der Waals surface area contributed by atoms with Gasteiger partial charge in [-0.2, -0.15) is 0 Å². The van der Waals surface area contributed by atoms with Gasteiger partial charge in [-0.3, -0.25) is 4.79 Å². The first-order chi connectivity index (χ1) is 28.6. The molecule has 0 radical (unpaired) electrons. The first-order valence-corrected chi connectivity index (χ1v) is 22.7. The lowest BCUT2D eigenvalue weighted by molar-refractivity contribution is -0.359. The van der Waals surface area contributed by atoms with Crippen LogP contribution in [-0.4, -0.2) is 140 Å². The Labute approximate surface area is 353 Å². The van der Waals surface area contributed by atoms with Crippen molar-refractivity contribution in [3.63, 3.8) is 0 Å². The Bertz CT molecular complexity index is 1140. The number of amides is 1. The molecule has 0 aromatic carbocycles. The molecule has 14 nitrogen and oxygen atoms in total. The van der Waals surface area contributed by atoms with Gasteiger partial charge in [0.05, 0.1) is 32.0 Å². The Balaban J connectivity index is 1.79. The predicted octanol–water partition coefficient (Wildman–Crippen LogP) is 4.37. The largest absolute Gasteiger partial charge is 0.394 e. The van der Waals surface area contributed by atoms with E-state index >= 15 is 0 Å². The molecule has 2 fully saturated rings. The van der Waals surface area contributed by atoms with Crippen molar-refractivity contribution in [2.75, 3.05) is 19.8 Å². The summed E-state index contributed by atoms with van der Waals surface area (Å²) in [7, 11) is 0. The van der Waals surface area contributed by atoms with Crippen molar-refractivity contribution in [3.8, 4) is 0 Å². The molecular formula is C45H81NO13. The zero-order chi connectivity index (χ0) is 43.3. The lowest BCUT2D eigenvalue weighted by Crippen LogP contribution is -2.65. The average Bonchev–Trinajstić information content (AvgIpc) is 3.23. The highest BCUT2D eigenvalue weighted by atomic mass is 16.7. The lowest BCUT2D eigenvalue weighted by atomic mass is 9.97. The van der Waals surface area contributed by atoms with Crippen molar-refractivity contribution in [3.05, 3.63) is 36.5 Å². The van der Waals surface area contributed by atoms with Gasteiger partial charge in [0, 0.05) is 6.42 Å². The topological polar surface area (TPSA) is 228 Å². The molecule has 2 saturated heterocycles. The molecule has 12 atom stereocenters. The second-order valence-electron chi connectivity index (χ2n) is 16.2. The third kappa shape index (κ3) is 21.2. The van der Waals surface area contributed by atoms with Crippen LogP contribution in [0.5, 0.6) is 0 Å². The molecule has 344 valence electrons. The molecule has 14 heteroatoms. The van der Waals surface area contributed by atoms with Crippen molar-refractivity contribution in [1.82, 2.24) is 5.32 Å². The second-order valence-corrected chi connectivity index (χ2v) is 16.2. The standard InChI is InChI=1S/C45H81NO13/c1-3-5-7-9-11-12-13-14-15-16-17-18-19-20-21-22-23-25-27-29-37(50)46-33(34(49)28-26-24-10-8-6-4-2)32-56-44-42(55)40(53)43(36(31-48)58-44)59-45-41(54)39(52)38(51)35(30-47)57-45/h11-12,14-15,26,28,33-36,38-45,47-49,51-55H,3-10,13,16-25,27,29-32H2,1-2H3,(H,46,50)/b12-11-,15-14-,28-26+. The van der Waals surface area contributed by atoms with E-state index in [0.29, 0.717) is 6.42 Å². The van der Waals surface area contributed by atoms with Gasteiger partial charge in [-0.1, -0.05) is 127 Å². The van der Waals surface area contributed by atoms with Crippen molar-refractivity contribution in [1.29, 1.82) is 0 Å². The van der Waals surface area contributed by atoms with E-state index in [-0.39, 0.29) is 18.9 Å². The van der Waals surface area contributed by atoms with Crippen LogP contribution in [0.4, 0.5) is 0 Å². The molecule has 2 aliphatic heterocycles. The Hall–Kier alpha value is -1.79. The molecule has 9 N–H and O–H groups in total. The van der Waals surface area contributed by atoms with E-state index in [2.05, 4.69) is 43.5 Å². The monoisotopic (exact) mass is 844 g/mol. The number of hydrogen-bond donors (Lipinski definition) is 9. The Kier molecular flexibility index (Phi) is 29.7. The lowest BCUT2D eigenvalue weighted by Gasteiger charge is -2.46. The molecule has 2 heterocycles.